The molecule has 1 N–H and O–H groups in total. The van der Waals surface area contributed by atoms with Crippen LogP contribution < -0.4 is 10.2 Å². The minimum atomic E-state index is -0.0558. The van der Waals surface area contributed by atoms with Gasteiger partial charge in [0, 0.05) is 49.8 Å². The molecule has 5 rings (SSSR count). The van der Waals surface area contributed by atoms with Crippen molar-refractivity contribution in [2.45, 2.75) is 19.4 Å². The van der Waals surface area contributed by atoms with Crippen molar-refractivity contribution in [2.24, 2.45) is 0 Å². The fourth-order valence-electron chi connectivity index (χ4n) is 3.98. The zero-order valence-electron chi connectivity index (χ0n) is 20.1. The number of aryl methyl sites for hydroxylation is 1. The molecule has 0 unspecified atom stereocenters. The summed E-state index contributed by atoms with van der Waals surface area (Å²) in [7, 11) is 4.00. The fourth-order valence-corrected chi connectivity index (χ4v) is 4.11. The van der Waals surface area contributed by atoms with Crippen LogP contribution in [0.5, 0.6) is 0 Å². The number of carbonyl (C=O) groups is 1. The first-order valence-electron chi connectivity index (χ1n) is 11.7. The number of halogens is 1. The summed E-state index contributed by atoms with van der Waals surface area (Å²) in [6.07, 6.45) is 2.37. The summed E-state index contributed by atoms with van der Waals surface area (Å²) in [6.45, 7) is 0.471. The molecular weight excluding hydrogens is 474 g/mol. The molecule has 7 nitrogen and oxygen atoms in total. The van der Waals surface area contributed by atoms with Crippen molar-refractivity contribution in [3.8, 4) is 17.3 Å². The van der Waals surface area contributed by atoms with Crippen LogP contribution in [-0.2, 0) is 17.8 Å². The summed E-state index contributed by atoms with van der Waals surface area (Å²) in [4.78, 5) is 23.9. The molecule has 5 aromatic rings. The molecule has 0 atom stereocenters. The molecule has 0 saturated carbocycles. The van der Waals surface area contributed by atoms with Crippen molar-refractivity contribution in [1.29, 1.82) is 0 Å². The average Bonchev–Trinajstić information content (AvgIpc) is 3.51. The predicted octanol–water partition coefficient (Wildman–Crippen LogP) is 5.65. The number of oxazole rings is 1. The Hall–Kier alpha value is -4.10. The minimum absolute atomic E-state index is 0.0558. The first-order chi connectivity index (χ1) is 17.5. The van der Waals surface area contributed by atoms with E-state index >= 15 is 0 Å². The van der Waals surface area contributed by atoms with Crippen LogP contribution in [0.3, 0.4) is 0 Å². The second kappa shape index (κ2) is 10.3. The number of carbonyl (C=O) groups excluding carboxylic acids is 1. The summed E-state index contributed by atoms with van der Waals surface area (Å²) < 4.78 is 8.01. The number of para-hydroxylation sites is 2. The summed E-state index contributed by atoms with van der Waals surface area (Å²) in [5.74, 6) is 0.579. The topological polar surface area (TPSA) is 76.2 Å². The first-order valence-corrected chi connectivity index (χ1v) is 12.1. The number of hydrogen-bond donors (Lipinski definition) is 1. The van der Waals surface area contributed by atoms with Gasteiger partial charge >= 0.3 is 6.01 Å². The van der Waals surface area contributed by atoms with Crippen molar-refractivity contribution in [1.82, 2.24) is 19.9 Å². The van der Waals surface area contributed by atoms with Crippen LogP contribution in [0, 0.1) is 0 Å². The number of amides is 1. The predicted molar refractivity (Wildman–Crippen MR) is 143 cm³/mol. The fraction of sp³-hybridized carbons (Fsp3) is 0.179. The number of rotatable bonds is 8. The number of benzene rings is 3. The van der Waals surface area contributed by atoms with E-state index in [1.165, 1.54) is 0 Å². The highest BCUT2D eigenvalue weighted by molar-refractivity contribution is 6.30. The lowest BCUT2D eigenvalue weighted by Gasteiger charge is -2.13. The largest absolute Gasteiger partial charge is 0.427 e. The number of fused-ring (bicyclic) bond motifs is 1. The number of anilines is 1. The molecule has 2 aromatic heterocycles. The van der Waals surface area contributed by atoms with Crippen molar-refractivity contribution in [2.75, 3.05) is 19.0 Å². The number of aromatic nitrogens is 3. The zero-order valence-corrected chi connectivity index (χ0v) is 20.9. The molecule has 2 heterocycles. The molecule has 0 radical (unpaired) electrons. The van der Waals surface area contributed by atoms with Crippen molar-refractivity contribution in [3.05, 3.63) is 95.5 Å². The van der Waals surface area contributed by atoms with E-state index in [0.717, 1.165) is 27.8 Å². The van der Waals surface area contributed by atoms with Gasteiger partial charge in [-0.3, -0.25) is 9.36 Å². The van der Waals surface area contributed by atoms with Crippen LogP contribution in [0.15, 0.2) is 83.5 Å². The van der Waals surface area contributed by atoms with E-state index in [4.69, 9.17) is 21.0 Å². The van der Waals surface area contributed by atoms with Crippen LogP contribution in [0.25, 0.3) is 28.3 Å². The van der Waals surface area contributed by atoms with Gasteiger partial charge in [0.15, 0.2) is 0 Å². The summed E-state index contributed by atoms with van der Waals surface area (Å²) in [5.41, 5.74) is 5.47. The molecule has 3 aromatic carbocycles. The van der Waals surface area contributed by atoms with E-state index in [1.807, 2.05) is 96.4 Å². The quantitative estimate of drug-likeness (QED) is 0.298. The summed E-state index contributed by atoms with van der Waals surface area (Å²) >= 11 is 6.09. The molecule has 0 fully saturated rings. The molecule has 0 aliphatic heterocycles. The smallest absolute Gasteiger partial charge is 0.308 e. The van der Waals surface area contributed by atoms with E-state index in [1.54, 1.807) is 6.33 Å². The van der Waals surface area contributed by atoms with Gasteiger partial charge in [0.25, 0.3) is 0 Å². The number of nitrogens with one attached hydrogen (secondary N) is 1. The molecule has 36 heavy (non-hydrogen) atoms. The minimum Gasteiger partial charge on any atom is -0.427 e. The van der Waals surface area contributed by atoms with E-state index in [0.29, 0.717) is 35.5 Å². The summed E-state index contributed by atoms with van der Waals surface area (Å²) in [6, 6.07) is 23.7. The Kier molecular flexibility index (Phi) is 6.73. The standard InChI is InChI=1S/C28H26ClN5O2/c1-33(2)22-13-7-19(8-14-22)17-30-26(35)16-15-25-27(20-9-11-21(29)12-10-20)32-28(36-25)34-18-31-23-5-3-4-6-24(23)34/h3-14,18H,15-17H2,1-2H3,(H,30,35). The molecular formula is C28H26ClN5O2. The van der Waals surface area contributed by atoms with E-state index in [9.17, 15) is 4.79 Å². The third-order valence-electron chi connectivity index (χ3n) is 5.98. The second-order valence-electron chi connectivity index (χ2n) is 8.72. The maximum atomic E-state index is 12.7. The maximum Gasteiger partial charge on any atom is 0.308 e. The molecule has 0 saturated heterocycles. The monoisotopic (exact) mass is 499 g/mol. The van der Waals surface area contributed by atoms with Crippen LogP contribution >= 0.6 is 11.6 Å². The van der Waals surface area contributed by atoms with Gasteiger partial charge in [-0.15, -0.1) is 0 Å². The summed E-state index contributed by atoms with van der Waals surface area (Å²) in [5, 5.41) is 3.64. The third kappa shape index (κ3) is 5.11. The van der Waals surface area contributed by atoms with Gasteiger partial charge < -0.3 is 14.6 Å². The second-order valence-corrected chi connectivity index (χ2v) is 9.15. The Morgan fingerprint density at radius 3 is 2.53 bits per heavy atom. The van der Waals surface area contributed by atoms with Crippen molar-refractivity contribution < 1.29 is 9.21 Å². The SMILES string of the molecule is CN(C)c1ccc(CNC(=O)CCc2oc(-n3cnc4ccccc43)nc2-c2ccc(Cl)cc2)cc1. The molecule has 0 aliphatic carbocycles. The lowest BCUT2D eigenvalue weighted by Crippen LogP contribution is -2.23. The lowest BCUT2D eigenvalue weighted by atomic mass is 10.1. The van der Waals surface area contributed by atoms with Crippen molar-refractivity contribution >= 4 is 34.2 Å². The van der Waals surface area contributed by atoms with Crippen molar-refractivity contribution in [3.63, 3.8) is 0 Å². The highest BCUT2D eigenvalue weighted by atomic mass is 35.5. The third-order valence-corrected chi connectivity index (χ3v) is 6.24. The van der Waals surface area contributed by atoms with E-state index in [-0.39, 0.29) is 12.3 Å². The average molecular weight is 500 g/mol. The molecule has 0 bridgehead atoms. The molecule has 8 heteroatoms. The Morgan fingerprint density at radius 2 is 1.78 bits per heavy atom. The van der Waals surface area contributed by atoms with Crippen LogP contribution in [0.4, 0.5) is 5.69 Å². The Morgan fingerprint density at radius 1 is 1.03 bits per heavy atom. The van der Waals surface area contributed by atoms with Crippen LogP contribution in [0.1, 0.15) is 17.7 Å². The molecule has 1 amide bonds. The van der Waals surface area contributed by atoms with Gasteiger partial charge in [0.1, 0.15) is 17.8 Å². The van der Waals surface area contributed by atoms with Gasteiger partial charge in [0.05, 0.1) is 11.0 Å². The van der Waals surface area contributed by atoms with E-state index in [2.05, 4.69) is 10.3 Å². The Labute approximate surface area is 214 Å². The molecule has 0 spiro atoms. The highest BCUT2D eigenvalue weighted by Crippen LogP contribution is 2.29. The highest BCUT2D eigenvalue weighted by Gasteiger charge is 2.19. The normalized spacial score (nSPS) is 11.1. The van der Waals surface area contributed by atoms with Gasteiger partial charge in [0.2, 0.25) is 5.91 Å². The molecule has 0 aliphatic rings. The zero-order chi connectivity index (χ0) is 25.1. The number of hydrogen-bond acceptors (Lipinski definition) is 5. The Balaban J connectivity index is 1.34. The number of nitrogens with zero attached hydrogens (tertiary/aromatic N) is 4. The van der Waals surface area contributed by atoms with Gasteiger partial charge in [-0.25, -0.2) is 4.98 Å². The first kappa shape index (κ1) is 23.6. The Bertz CT molecular complexity index is 1490. The molecule has 182 valence electrons. The van der Waals surface area contributed by atoms with Gasteiger partial charge in [-0.05, 0) is 42.0 Å². The van der Waals surface area contributed by atoms with Crippen LogP contribution in [-0.4, -0.2) is 34.5 Å². The van der Waals surface area contributed by atoms with E-state index < -0.39 is 0 Å². The maximum absolute atomic E-state index is 12.7. The van der Waals surface area contributed by atoms with Gasteiger partial charge in [-0.2, -0.15) is 4.98 Å². The lowest BCUT2D eigenvalue weighted by molar-refractivity contribution is -0.121. The number of imidazole rings is 1. The van der Waals surface area contributed by atoms with Gasteiger partial charge in [-0.1, -0.05) is 48.0 Å². The van der Waals surface area contributed by atoms with Crippen LogP contribution in [0.2, 0.25) is 5.02 Å².